The minimum absolute atomic E-state index is 0. The molecule has 0 aliphatic carbocycles. The van der Waals surface area contributed by atoms with Crippen molar-refractivity contribution in [2.45, 2.75) is 0 Å². The molecular formula is H3BO3PbSi. The van der Waals surface area contributed by atoms with Gasteiger partial charge in [-0.15, -0.1) is 0 Å². The summed E-state index contributed by atoms with van der Waals surface area (Å²) < 4.78 is 3.78. The molecule has 3 nitrogen and oxygen atoms in total. The van der Waals surface area contributed by atoms with Crippen LogP contribution in [0.5, 0.6) is 0 Å². The summed E-state index contributed by atoms with van der Waals surface area (Å²) >= 11 is 0. The van der Waals surface area contributed by atoms with E-state index in [9.17, 15) is 0 Å². The Morgan fingerprint density at radius 1 is 1.50 bits per heavy atom. The van der Waals surface area contributed by atoms with Crippen molar-refractivity contribution in [3.63, 3.8) is 0 Å². The van der Waals surface area contributed by atoms with Crippen molar-refractivity contribution in [2.75, 3.05) is 0 Å². The fourth-order valence-electron chi connectivity index (χ4n) is 0. The van der Waals surface area contributed by atoms with Crippen LogP contribution in [0.4, 0.5) is 0 Å². The monoisotopic (exact) mass is 298 g/mol. The molecule has 0 amide bonds. The molecule has 0 aliphatic rings. The molecule has 0 aromatic rings. The van der Waals surface area contributed by atoms with E-state index in [1.165, 1.54) is 0 Å². The van der Waals surface area contributed by atoms with Gasteiger partial charge in [0.25, 0.3) is 0 Å². The van der Waals surface area contributed by atoms with E-state index in [-0.39, 0.29) is 37.8 Å². The summed E-state index contributed by atoms with van der Waals surface area (Å²) in [5.41, 5.74) is 0. The van der Waals surface area contributed by atoms with Crippen molar-refractivity contribution < 1.29 is 14.4 Å². The van der Waals surface area contributed by atoms with Crippen LogP contribution < -0.4 is 10.0 Å². The molecule has 0 heterocycles. The van der Waals surface area contributed by atoms with Crippen LogP contribution in [-0.2, 0) is 4.34 Å². The van der Waals surface area contributed by atoms with Gasteiger partial charge in [-0.2, -0.15) is 0 Å². The molecule has 0 aromatic heterocycles. The Morgan fingerprint density at radius 3 is 1.67 bits per heavy atom. The zero-order valence-electron chi connectivity index (χ0n) is 3.30. The quantitative estimate of drug-likeness (QED) is 0.459. The summed E-state index contributed by atoms with van der Waals surface area (Å²) in [6, 6.07) is 0. The molecule has 6 heavy (non-hydrogen) atoms. The first-order chi connectivity index (χ1) is 2.27. The molecular weight excluding hydrogens is 294 g/mol. The fraction of sp³-hybridized carbons (Fsp3) is 0. The van der Waals surface area contributed by atoms with E-state index in [0.717, 1.165) is 0 Å². The average Bonchev–Trinajstić information content (AvgIpc) is 1.38. The molecule has 0 aliphatic heterocycles. The van der Waals surface area contributed by atoms with E-state index in [0.29, 0.717) is 0 Å². The molecule has 6 heteroatoms. The first kappa shape index (κ1) is 10.1. The zero-order chi connectivity index (χ0) is 4.28. The molecule has 2 radical (unpaired) electrons. The molecule has 0 rings (SSSR count). The van der Waals surface area contributed by atoms with Gasteiger partial charge in [0.2, 0.25) is 0 Å². The zero-order valence-corrected chi connectivity index (χ0v) is 9.19. The second-order valence-corrected chi connectivity index (χ2v) is 0.996. The largest absolute Gasteiger partial charge is 2.00 e. The molecule has 0 unspecified atom stereocenters. The predicted molar refractivity (Wildman–Crippen MR) is 22.5 cm³/mol. The number of hydrogen-bond donors (Lipinski definition) is 0. The third-order valence-electron chi connectivity index (χ3n) is 0.192. The number of rotatable bonds is 1. The van der Waals surface area contributed by atoms with Crippen molar-refractivity contribution in [2.24, 2.45) is 0 Å². The first-order valence-corrected chi connectivity index (χ1v) is 1.93. The van der Waals surface area contributed by atoms with Gasteiger partial charge >= 0.3 is 27.3 Å². The van der Waals surface area contributed by atoms with Crippen LogP contribution in [0.3, 0.4) is 0 Å². The van der Waals surface area contributed by atoms with Gasteiger partial charge in [0.05, 0.1) is 0 Å². The van der Waals surface area contributed by atoms with Crippen molar-refractivity contribution in [1.82, 2.24) is 0 Å². The van der Waals surface area contributed by atoms with Crippen LogP contribution >= 0.6 is 0 Å². The smallest absolute Gasteiger partial charge is 0.872 e. The molecule has 32 valence electrons. The van der Waals surface area contributed by atoms with Gasteiger partial charge in [0.1, 0.15) is 10.5 Å². The molecule has 0 aromatic carbocycles. The van der Waals surface area contributed by atoms with Crippen molar-refractivity contribution in [3.05, 3.63) is 0 Å². The van der Waals surface area contributed by atoms with Gasteiger partial charge in [-0.1, -0.05) is 0 Å². The minimum Gasteiger partial charge on any atom is -0.872 e. The van der Waals surface area contributed by atoms with Crippen LogP contribution in [0.2, 0.25) is 0 Å². The normalized spacial score (nSPS) is 7.00. The minimum atomic E-state index is -2.05. The van der Waals surface area contributed by atoms with Gasteiger partial charge in [0, 0.05) is 7.32 Å². The van der Waals surface area contributed by atoms with Gasteiger partial charge < -0.3 is 14.4 Å². The Kier molecular flexibility index (Phi) is 10.3. The summed E-state index contributed by atoms with van der Waals surface area (Å²) in [6.45, 7) is 0. The summed E-state index contributed by atoms with van der Waals surface area (Å²) in [6.07, 6.45) is 0. The average molecular weight is 297 g/mol. The van der Waals surface area contributed by atoms with Crippen molar-refractivity contribution in [1.29, 1.82) is 0 Å². The Labute approximate surface area is 59.6 Å². The van der Waals surface area contributed by atoms with E-state index in [4.69, 9.17) is 10.0 Å². The molecule has 0 saturated heterocycles. The summed E-state index contributed by atoms with van der Waals surface area (Å²) in [5.74, 6) is 0. The Balaban J connectivity index is 0. The molecule has 0 fully saturated rings. The summed E-state index contributed by atoms with van der Waals surface area (Å²) in [5, 5.41) is 18.3. The third-order valence-corrected chi connectivity index (χ3v) is 0.577. The molecule has 0 spiro atoms. The SMILES string of the molecule is [O-]B([O-])O[SiH3].[Pb+2]. The van der Waals surface area contributed by atoms with Crippen LogP contribution in [0.15, 0.2) is 0 Å². The second kappa shape index (κ2) is 6.08. The van der Waals surface area contributed by atoms with Crippen LogP contribution in [-0.4, -0.2) is 45.1 Å². The summed E-state index contributed by atoms with van der Waals surface area (Å²) in [4.78, 5) is 0. The van der Waals surface area contributed by atoms with Crippen LogP contribution in [0.1, 0.15) is 0 Å². The van der Waals surface area contributed by atoms with E-state index >= 15 is 0 Å². The molecule has 0 bridgehead atoms. The molecule has 0 saturated carbocycles. The van der Waals surface area contributed by atoms with Crippen molar-refractivity contribution >= 4 is 45.1 Å². The third kappa shape index (κ3) is 8.92. The van der Waals surface area contributed by atoms with E-state index in [1.807, 2.05) is 0 Å². The maximum absolute atomic E-state index is 9.15. The number of hydrogen-bond acceptors (Lipinski definition) is 3. The van der Waals surface area contributed by atoms with Gasteiger partial charge in [-0.05, 0) is 0 Å². The van der Waals surface area contributed by atoms with E-state index < -0.39 is 7.32 Å². The van der Waals surface area contributed by atoms with Crippen molar-refractivity contribution in [3.8, 4) is 0 Å². The van der Waals surface area contributed by atoms with Gasteiger partial charge in [-0.25, -0.2) is 0 Å². The maximum Gasteiger partial charge on any atom is 2.00 e. The Bertz CT molecular complexity index is 24.8. The summed E-state index contributed by atoms with van der Waals surface area (Å²) in [7, 11) is -1.81. The second-order valence-electron chi connectivity index (χ2n) is 0.524. The maximum atomic E-state index is 9.15. The van der Waals surface area contributed by atoms with Crippen LogP contribution in [0, 0.1) is 0 Å². The standard InChI is InChI=1S/BH3O3Si.Pb/c2-1(3)4-5;/h5H3;/q-2;+2. The molecule has 0 N–H and O–H groups in total. The van der Waals surface area contributed by atoms with Gasteiger partial charge in [-0.3, -0.25) is 0 Å². The topological polar surface area (TPSA) is 55.3 Å². The van der Waals surface area contributed by atoms with Gasteiger partial charge in [0.15, 0.2) is 0 Å². The fourth-order valence-corrected chi connectivity index (χ4v) is 0. The predicted octanol–water partition coefficient (Wildman–Crippen LogP) is -4.39. The van der Waals surface area contributed by atoms with Crippen LogP contribution in [0.25, 0.3) is 0 Å². The molecule has 0 atom stereocenters. The Hall–Kier alpha value is 1.08. The van der Waals surface area contributed by atoms with E-state index in [1.54, 1.807) is 0 Å². The Morgan fingerprint density at radius 2 is 1.67 bits per heavy atom. The first-order valence-electron chi connectivity index (χ1n) is 1.12. The van der Waals surface area contributed by atoms with E-state index in [2.05, 4.69) is 4.34 Å².